The summed E-state index contributed by atoms with van der Waals surface area (Å²) in [6.07, 6.45) is 10.2. The van der Waals surface area contributed by atoms with E-state index in [2.05, 4.69) is 15.6 Å². The van der Waals surface area contributed by atoms with Gasteiger partial charge in [-0.2, -0.15) is 0 Å². The van der Waals surface area contributed by atoms with Gasteiger partial charge in [-0.3, -0.25) is 9.48 Å². The molecule has 1 aromatic rings. The highest BCUT2D eigenvalue weighted by molar-refractivity contribution is 5.88. The van der Waals surface area contributed by atoms with Crippen molar-refractivity contribution in [3.05, 3.63) is 23.5 Å². The molecule has 126 valence electrons. The van der Waals surface area contributed by atoms with Crippen molar-refractivity contribution in [1.29, 1.82) is 0 Å². The van der Waals surface area contributed by atoms with Gasteiger partial charge in [-0.1, -0.05) is 17.2 Å². The summed E-state index contributed by atoms with van der Waals surface area (Å²) in [5, 5.41) is 21.3. The van der Waals surface area contributed by atoms with Crippen LogP contribution in [0.3, 0.4) is 0 Å². The van der Waals surface area contributed by atoms with E-state index >= 15 is 0 Å². The van der Waals surface area contributed by atoms with Gasteiger partial charge in [0.1, 0.15) is 11.3 Å². The first-order chi connectivity index (χ1) is 10.9. The van der Waals surface area contributed by atoms with E-state index in [9.17, 15) is 9.90 Å². The Balaban J connectivity index is 1.58. The number of rotatable bonds is 5. The van der Waals surface area contributed by atoms with E-state index in [1.807, 2.05) is 0 Å². The maximum atomic E-state index is 12.1. The van der Waals surface area contributed by atoms with Crippen LogP contribution in [-0.2, 0) is 16.9 Å². The van der Waals surface area contributed by atoms with Crippen molar-refractivity contribution in [2.45, 2.75) is 70.6 Å². The van der Waals surface area contributed by atoms with Crippen LogP contribution in [0, 0.1) is 5.92 Å². The Morgan fingerprint density at radius 2 is 2.22 bits per heavy atom. The van der Waals surface area contributed by atoms with Gasteiger partial charge in [-0.25, -0.2) is 0 Å². The molecule has 0 unspecified atom stereocenters. The lowest BCUT2D eigenvalue weighted by Crippen LogP contribution is -2.38. The number of nitrogens with zero attached hydrogens (tertiary/aromatic N) is 3. The van der Waals surface area contributed by atoms with E-state index in [0.29, 0.717) is 11.6 Å². The van der Waals surface area contributed by atoms with Gasteiger partial charge < -0.3 is 10.4 Å². The monoisotopic (exact) mass is 318 g/mol. The minimum Gasteiger partial charge on any atom is -0.384 e. The van der Waals surface area contributed by atoms with Crippen LogP contribution >= 0.6 is 0 Å². The van der Waals surface area contributed by atoms with Crippen molar-refractivity contribution in [2.24, 2.45) is 5.92 Å². The van der Waals surface area contributed by atoms with Gasteiger partial charge in [0.25, 0.3) is 0 Å². The fourth-order valence-corrected chi connectivity index (χ4v) is 3.29. The Labute approximate surface area is 137 Å². The molecule has 2 aliphatic carbocycles. The zero-order valence-corrected chi connectivity index (χ0v) is 14.0. The van der Waals surface area contributed by atoms with Crippen LogP contribution in [0.2, 0.25) is 0 Å². The molecule has 6 heteroatoms. The number of aromatic nitrogens is 3. The normalized spacial score (nSPS) is 24.4. The predicted molar refractivity (Wildman–Crippen MR) is 86.5 cm³/mol. The molecule has 23 heavy (non-hydrogen) atoms. The molecule has 0 radical (unpaired) electrons. The van der Waals surface area contributed by atoms with Crippen LogP contribution in [0.1, 0.15) is 58.1 Å². The largest absolute Gasteiger partial charge is 0.384 e. The van der Waals surface area contributed by atoms with Gasteiger partial charge in [0.2, 0.25) is 5.91 Å². The van der Waals surface area contributed by atoms with Gasteiger partial charge >= 0.3 is 0 Å². The number of amides is 1. The smallest absolute Gasteiger partial charge is 0.244 e. The summed E-state index contributed by atoms with van der Waals surface area (Å²) in [6, 6.07) is 0.203. The predicted octanol–water partition coefficient (Wildman–Crippen LogP) is 1.90. The second kappa shape index (κ2) is 6.43. The van der Waals surface area contributed by atoms with Crippen LogP contribution in [0.15, 0.2) is 17.8 Å². The molecule has 2 fully saturated rings. The molecular formula is C17H26N4O2. The van der Waals surface area contributed by atoms with E-state index in [1.165, 1.54) is 12.0 Å². The van der Waals surface area contributed by atoms with Crippen molar-refractivity contribution < 1.29 is 9.90 Å². The van der Waals surface area contributed by atoms with Gasteiger partial charge in [-0.05, 0) is 51.9 Å². The standard InChI is InChI=1S/C17H26N4O2/c1-17(2,23)15-11-21(20-19-15)10-13-7-4-8-14(13)18-16(22)9-12-5-3-6-12/h9,11,13-14,23H,3-8,10H2,1-2H3,(H,18,22)/t13-,14-/m0/s1. The first-order valence-electron chi connectivity index (χ1n) is 8.55. The van der Waals surface area contributed by atoms with Crippen molar-refractivity contribution >= 4 is 5.91 Å². The zero-order chi connectivity index (χ0) is 16.4. The van der Waals surface area contributed by atoms with Crippen LogP contribution in [-0.4, -0.2) is 32.0 Å². The summed E-state index contributed by atoms with van der Waals surface area (Å²) >= 11 is 0. The second-order valence-corrected chi connectivity index (χ2v) is 7.35. The number of carbonyl (C=O) groups excluding carboxylic acids is 1. The third-order valence-electron chi connectivity index (χ3n) is 4.90. The summed E-state index contributed by atoms with van der Waals surface area (Å²) in [6.45, 7) is 4.13. The zero-order valence-electron chi connectivity index (χ0n) is 14.0. The van der Waals surface area contributed by atoms with Crippen LogP contribution in [0.25, 0.3) is 0 Å². The summed E-state index contributed by atoms with van der Waals surface area (Å²) in [7, 11) is 0. The van der Waals surface area contributed by atoms with Gasteiger partial charge in [-0.15, -0.1) is 5.10 Å². The molecule has 0 aliphatic heterocycles. The van der Waals surface area contributed by atoms with Crippen molar-refractivity contribution in [2.75, 3.05) is 0 Å². The average molecular weight is 318 g/mol. The summed E-state index contributed by atoms with van der Waals surface area (Å²) in [4.78, 5) is 12.1. The summed E-state index contributed by atoms with van der Waals surface area (Å²) in [5.41, 5.74) is 0.866. The molecule has 1 heterocycles. The Morgan fingerprint density at radius 1 is 1.43 bits per heavy atom. The number of allylic oxidation sites excluding steroid dienone is 1. The highest BCUT2D eigenvalue weighted by atomic mass is 16.3. The lowest BCUT2D eigenvalue weighted by atomic mass is 9.92. The fraction of sp³-hybridized carbons (Fsp3) is 0.706. The van der Waals surface area contributed by atoms with Crippen molar-refractivity contribution in [3.8, 4) is 0 Å². The Hall–Kier alpha value is -1.69. The lowest BCUT2D eigenvalue weighted by molar-refractivity contribution is -0.117. The minimum atomic E-state index is -0.976. The minimum absolute atomic E-state index is 0.0485. The summed E-state index contributed by atoms with van der Waals surface area (Å²) < 4.78 is 1.78. The Kier molecular flexibility index (Phi) is 4.53. The number of aliphatic hydroxyl groups is 1. The van der Waals surface area contributed by atoms with E-state index in [0.717, 1.165) is 38.6 Å². The number of nitrogens with one attached hydrogen (secondary N) is 1. The Morgan fingerprint density at radius 3 is 2.83 bits per heavy atom. The number of hydrogen-bond donors (Lipinski definition) is 2. The van der Waals surface area contributed by atoms with Crippen LogP contribution < -0.4 is 5.32 Å². The van der Waals surface area contributed by atoms with E-state index < -0.39 is 5.60 Å². The van der Waals surface area contributed by atoms with E-state index in [4.69, 9.17) is 0 Å². The van der Waals surface area contributed by atoms with Crippen molar-refractivity contribution in [3.63, 3.8) is 0 Å². The van der Waals surface area contributed by atoms with Crippen LogP contribution in [0.5, 0.6) is 0 Å². The molecule has 0 spiro atoms. The Bertz CT molecular complexity index is 594. The topological polar surface area (TPSA) is 80.0 Å². The fourth-order valence-electron chi connectivity index (χ4n) is 3.29. The molecule has 2 atom stereocenters. The van der Waals surface area contributed by atoms with Gasteiger partial charge in [0, 0.05) is 18.7 Å². The van der Waals surface area contributed by atoms with Gasteiger partial charge in [0.05, 0.1) is 6.20 Å². The molecule has 3 rings (SSSR count). The molecule has 2 N–H and O–H groups in total. The first-order valence-corrected chi connectivity index (χ1v) is 8.55. The molecular weight excluding hydrogens is 292 g/mol. The lowest BCUT2D eigenvalue weighted by Gasteiger charge is -2.21. The highest BCUT2D eigenvalue weighted by Crippen LogP contribution is 2.28. The second-order valence-electron chi connectivity index (χ2n) is 7.35. The molecule has 0 aromatic carbocycles. The summed E-state index contributed by atoms with van der Waals surface area (Å²) in [5.74, 6) is 0.419. The first kappa shape index (κ1) is 16.2. The van der Waals surface area contributed by atoms with E-state index in [1.54, 1.807) is 30.8 Å². The quantitative estimate of drug-likeness (QED) is 0.813. The maximum Gasteiger partial charge on any atom is 0.244 e. The number of carbonyl (C=O) groups is 1. The highest BCUT2D eigenvalue weighted by Gasteiger charge is 2.29. The molecule has 2 saturated carbocycles. The van der Waals surface area contributed by atoms with Crippen LogP contribution in [0.4, 0.5) is 0 Å². The average Bonchev–Trinajstić information content (AvgIpc) is 3.04. The third kappa shape index (κ3) is 3.99. The van der Waals surface area contributed by atoms with Crippen molar-refractivity contribution in [1.82, 2.24) is 20.3 Å². The maximum absolute atomic E-state index is 12.1. The molecule has 2 aliphatic rings. The molecule has 1 aromatic heterocycles. The molecule has 0 bridgehead atoms. The van der Waals surface area contributed by atoms with Gasteiger partial charge in [0.15, 0.2) is 0 Å². The molecule has 6 nitrogen and oxygen atoms in total. The molecule has 1 amide bonds. The third-order valence-corrected chi connectivity index (χ3v) is 4.90. The number of hydrogen-bond acceptors (Lipinski definition) is 4. The van der Waals surface area contributed by atoms with E-state index in [-0.39, 0.29) is 11.9 Å². The molecule has 0 saturated heterocycles. The SMILES string of the molecule is CC(C)(O)c1cn(C[C@@H]2CCC[C@@H]2NC(=O)C=C2CCC2)nn1.